The van der Waals surface area contributed by atoms with Crippen LogP contribution in [0.4, 0.5) is 0 Å². The van der Waals surface area contributed by atoms with Crippen LogP contribution in [0, 0.1) is 27.7 Å². The Labute approximate surface area is 201 Å². The molecule has 0 N–H and O–H groups in total. The third kappa shape index (κ3) is 3.72. The quantitative estimate of drug-likeness (QED) is 0.261. The number of para-hydroxylation sites is 1. The summed E-state index contributed by atoms with van der Waals surface area (Å²) >= 11 is 1.33. The van der Waals surface area contributed by atoms with E-state index < -0.39 is 0 Å². The first-order valence-electron chi connectivity index (χ1n) is 11.0. The van der Waals surface area contributed by atoms with E-state index in [2.05, 4.69) is 10.2 Å². The monoisotopic (exact) mass is 468 g/mol. The average Bonchev–Trinajstić information content (AvgIpc) is 3.25. The minimum atomic E-state index is -0.146. The van der Waals surface area contributed by atoms with Crippen molar-refractivity contribution in [3.8, 4) is 5.69 Å². The molecule has 2 aromatic heterocycles. The number of aryl methyl sites for hydroxylation is 4. The van der Waals surface area contributed by atoms with Crippen molar-refractivity contribution in [1.29, 1.82) is 0 Å². The van der Waals surface area contributed by atoms with Gasteiger partial charge in [0.1, 0.15) is 0 Å². The number of rotatable bonds is 5. The molecule has 0 fully saturated rings. The van der Waals surface area contributed by atoms with E-state index in [1.165, 1.54) is 11.8 Å². The van der Waals surface area contributed by atoms with Crippen LogP contribution in [0.5, 0.6) is 0 Å². The smallest absolute Gasteiger partial charge is 0.267 e. The van der Waals surface area contributed by atoms with E-state index >= 15 is 0 Å². The zero-order chi connectivity index (χ0) is 24.0. The highest BCUT2D eigenvalue weighted by Crippen LogP contribution is 2.25. The molecule has 0 aliphatic carbocycles. The number of hydrogen-bond donors (Lipinski definition) is 0. The third-order valence-electron chi connectivity index (χ3n) is 6.03. The largest absolute Gasteiger partial charge is 0.293 e. The minimum Gasteiger partial charge on any atom is -0.293 e. The lowest BCUT2D eigenvalue weighted by molar-refractivity contribution is 0.102. The van der Waals surface area contributed by atoms with E-state index in [-0.39, 0.29) is 17.1 Å². The summed E-state index contributed by atoms with van der Waals surface area (Å²) in [5.41, 5.74) is 6.09. The highest BCUT2D eigenvalue weighted by atomic mass is 32.2. The van der Waals surface area contributed by atoms with Gasteiger partial charge in [0.2, 0.25) is 5.78 Å². The van der Waals surface area contributed by atoms with Gasteiger partial charge in [-0.3, -0.25) is 14.0 Å². The fraction of sp³-hybridized carbons (Fsp3) is 0.185. The Morgan fingerprint density at radius 3 is 2.38 bits per heavy atom. The number of ketones is 1. The molecule has 0 aliphatic heterocycles. The Kier molecular flexibility index (Phi) is 5.57. The summed E-state index contributed by atoms with van der Waals surface area (Å²) in [5, 5.41) is 9.94. The van der Waals surface area contributed by atoms with Crippen molar-refractivity contribution in [2.24, 2.45) is 0 Å². The molecule has 0 unspecified atom stereocenters. The van der Waals surface area contributed by atoms with Crippen LogP contribution in [-0.2, 0) is 0 Å². The van der Waals surface area contributed by atoms with Crippen LogP contribution in [0.1, 0.15) is 32.6 Å². The van der Waals surface area contributed by atoms with Gasteiger partial charge < -0.3 is 0 Å². The summed E-state index contributed by atoms with van der Waals surface area (Å²) in [5.74, 6) is 0.691. The maximum Gasteiger partial charge on any atom is 0.267 e. The van der Waals surface area contributed by atoms with Crippen molar-refractivity contribution < 1.29 is 4.79 Å². The maximum atomic E-state index is 13.6. The number of carbonyl (C=O) groups is 1. The molecule has 0 amide bonds. The van der Waals surface area contributed by atoms with Crippen LogP contribution < -0.4 is 5.56 Å². The van der Waals surface area contributed by atoms with Crippen molar-refractivity contribution in [1.82, 2.24) is 19.2 Å². The van der Waals surface area contributed by atoms with Gasteiger partial charge in [-0.15, -0.1) is 10.2 Å². The molecular weight excluding hydrogens is 444 g/mol. The third-order valence-corrected chi connectivity index (χ3v) is 6.96. The van der Waals surface area contributed by atoms with E-state index in [4.69, 9.17) is 0 Å². The molecule has 170 valence electrons. The number of hydrogen-bond acceptors (Lipinski definition) is 5. The number of aromatic nitrogens is 4. The molecule has 0 atom stereocenters. The molecule has 5 aromatic rings. The summed E-state index contributed by atoms with van der Waals surface area (Å²) in [6.45, 7) is 7.90. The lowest BCUT2D eigenvalue weighted by Gasteiger charge is -2.14. The molecule has 0 saturated heterocycles. The van der Waals surface area contributed by atoms with Gasteiger partial charge in [-0.05, 0) is 68.7 Å². The standard InChI is InChI=1S/C27H24N4O2S/c1-16-9-11-18(3)21(13-16)24(32)15-34-27-29-28-26-30(23-14-17(2)10-12-19(23)4)25(33)20-7-5-6-8-22(20)31(26)27/h5-14H,15H2,1-4H3. The van der Waals surface area contributed by atoms with Crippen LogP contribution in [0.2, 0.25) is 0 Å². The molecule has 0 bridgehead atoms. The molecule has 34 heavy (non-hydrogen) atoms. The van der Waals surface area contributed by atoms with E-state index in [0.29, 0.717) is 16.3 Å². The van der Waals surface area contributed by atoms with Crippen LogP contribution in [-0.4, -0.2) is 30.7 Å². The molecule has 0 spiro atoms. The lowest BCUT2D eigenvalue weighted by atomic mass is 10.0. The van der Waals surface area contributed by atoms with Gasteiger partial charge >= 0.3 is 0 Å². The van der Waals surface area contributed by atoms with Crippen molar-refractivity contribution in [2.45, 2.75) is 32.9 Å². The Hall–Kier alpha value is -3.71. The fourth-order valence-corrected chi connectivity index (χ4v) is 5.02. The highest BCUT2D eigenvalue weighted by Gasteiger charge is 2.20. The van der Waals surface area contributed by atoms with Gasteiger partial charge in [0.15, 0.2) is 10.9 Å². The maximum absolute atomic E-state index is 13.6. The van der Waals surface area contributed by atoms with Crippen LogP contribution in [0.15, 0.2) is 70.6 Å². The van der Waals surface area contributed by atoms with Crippen molar-refractivity contribution >= 4 is 34.2 Å². The lowest BCUT2D eigenvalue weighted by Crippen LogP contribution is -2.22. The SMILES string of the molecule is Cc1ccc(C)c(C(=O)CSc2nnc3n(-c4cc(C)ccc4C)c(=O)c4ccccc4n23)c1. The molecule has 0 aliphatic rings. The second kappa shape index (κ2) is 8.57. The predicted molar refractivity (Wildman–Crippen MR) is 137 cm³/mol. The van der Waals surface area contributed by atoms with Crippen molar-refractivity contribution in [3.63, 3.8) is 0 Å². The topological polar surface area (TPSA) is 69.3 Å². The van der Waals surface area contributed by atoms with Crippen molar-refractivity contribution in [2.75, 3.05) is 5.75 Å². The Balaban J connectivity index is 1.66. The van der Waals surface area contributed by atoms with Gasteiger partial charge in [0.25, 0.3) is 5.56 Å². The number of benzene rings is 3. The number of fused-ring (bicyclic) bond motifs is 3. The Bertz CT molecular complexity index is 1650. The summed E-state index contributed by atoms with van der Waals surface area (Å²) in [6.07, 6.45) is 0. The molecular formula is C27H24N4O2S. The van der Waals surface area contributed by atoms with Gasteiger partial charge in [0, 0.05) is 5.56 Å². The molecule has 6 nitrogen and oxygen atoms in total. The first-order chi connectivity index (χ1) is 16.3. The molecule has 3 aromatic carbocycles. The predicted octanol–water partition coefficient (Wildman–Crippen LogP) is 5.24. The molecule has 2 heterocycles. The van der Waals surface area contributed by atoms with E-state index in [1.54, 1.807) is 4.57 Å². The average molecular weight is 469 g/mol. The van der Waals surface area contributed by atoms with Crippen LogP contribution >= 0.6 is 11.8 Å². The highest BCUT2D eigenvalue weighted by molar-refractivity contribution is 7.99. The number of nitrogens with zero attached hydrogens (tertiary/aromatic N) is 4. The van der Waals surface area contributed by atoms with Crippen LogP contribution in [0.25, 0.3) is 22.4 Å². The van der Waals surface area contributed by atoms with Crippen LogP contribution in [0.3, 0.4) is 0 Å². The normalized spacial score (nSPS) is 11.4. The van der Waals surface area contributed by atoms with Gasteiger partial charge in [-0.1, -0.05) is 53.7 Å². The van der Waals surface area contributed by atoms with Gasteiger partial charge in [-0.25, -0.2) is 4.57 Å². The van der Waals surface area contributed by atoms with Gasteiger partial charge in [-0.2, -0.15) is 0 Å². The Morgan fingerprint density at radius 2 is 1.59 bits per heavy atom. The van der Waals surface area contributed by atoms with E-state index in [0.717, 1.165) is 39.0 Å². The van der Waals surface area contributed by atoms with E-state index in [9.17, 15) is 9.59 Å². The van der Waals surface area contributed by atoms with Crippen molar-refractivity contribution in [3.05, 3.63) is 98.8 Å². The number of Topliss-reactive ketones (excluding diaryl/α,β-unsaturated/α-hetero) is 1. The Morgan fingerprint density at radius 1 is 0.882 bits per heavy atom. The molecule has 0 saturated carbocycles. The summed E-state index contributed by atoms with van der Waals surface area (Å²) in [4.78, 5) is 26.6. The number of thioether (sulfide) groups is 1. The number of carbonyl (C=O) groups excluding carboxylic acids is 1. The summed E-state index contributed by atoms with van der Waals surface area (Å²) in [6, 6.07) is 19.3. The second-order valence-electron chi connectivity index (χ2n) is 8.60. The summed E-state index contributed by atoms with van der Waals surface area (Å²) in [7, 11) is 0. The molecule has 5 rings (SSSR count). The van der Waals surface area contributed by atoms with E-state index in [1.807, 2.05) is 92.8 Å². The van der Waals surface area contributed by atoms with Gasteiger partial charge in [0.05, 0.1) is 22.3 Å². The molecule has 7 heteroatoms. The fourth-order valence-electron chi connectivity index (χ4n) is 4.19. The first kappa shape index (κ1) is 22.1. The summed E-state index contributed by atoms with van der Waals surface area (Å²) < 4.78 is 3.49. The second-order valence-corrected chi connectivity index (χ2v) is 9.54. The zero-order valence-corrected chi connectivity index (χ0v) is 20.3. The first-order valence-corrected chi connectivity index (χ1v) is 12.0. The molecule has 0 radical (unpaired) electrons. The zero-order valence-electron chi connectivity index (χ0n) is 19.5. The minimum absolute atomic E-state index is 0.0371.